The van der Waals surface area contributed by atoms with Crippen molar-refractivity contribution in [3.8, 4) is 0 Å². The number of H-pyrrole nitrogens is 1. The molecule has 0 aliphatic rings. The van der Waals surface area contributed by atoms with Crippen molar-refractivity contribution in [1.82, 2.24) is 9.97 Å². The molecule has 0 radical (unpaired) electrons. The van der Waals surface area contributed by atoms with Crippen molar-refractivity contribution < 1.29 is 17.6 Å². The van der Waals surface area contributed by atoms with Gasteiger partial charge in [0.25, 0.3) is 0 Å². The van der Waals surface area contributed by atoms with Gasteiger partial charge in [-0.25, -0.2) is 22.5 Å². The normalized spacial score (nSPS) is 11.2. The van der Waals surface area contributed by atoms with Crippen LogP contribution in [0.4, 0.5) is 17.6 Å². The molecule has 2 aromatic carbocycles. The molecule has 1 heterocycles. The Bertz CT molecular complexity index is 795. The third-order valence-electron chi connectivity index (χ3n) is 2.91. The lowest BCUT2D eigenvalue weighted by Crippen LogP contribution is -1.93. The fourth-order valence-corrected chi connectivity index (χ4v) is 2.02. The van der Waals surface area contributed by atoms with Gasteiger partial charge in [0.05, 0.1) is 5.52 Å². The Morgan fingerprint density at radius 2 is 1.70 bits per heavy atom. The molecule has 0 spiro atoms. The quantitative estimate of drug-likeness (QED) is 0.712. The Balaban J connectivity index is 1.98. The van der Waals surface area contributed by atoms with E-state index in [-0.39, 0.29) is 17.5 Å². The summed E-state index contributed by atoms with van der Waals surface area (Å²) in [5.41, 5.74) is 0.716. The van der Waals surface area contributed by atoms with E-state index >= 15 is 0 Å². The molecule has 0 aliphatic heterocycles. The SMILES string of the molecule is Fc1cc(F)c2nc(Cc3ccc(F)c(F)c3)[nH]c2c1. The summed E-state index contributed by atoms with van der Waals surface area (Å²) in [6.45, 7) is 0. The average molecular weight is 280 g/mol. The molecule has 3 rings (SSSR count). The standard InChI is InChI=1S/C14H8F4N2/c15-8-5-11(18)14-12(6-8)19-13(20-14)4-7-1-2-9(16)10(17)3-7/h1-3,5-6H,4H2,(H,19,20). The van der Waals surface area contributed by atoms with Gasteiger partial charge in [-0.3, -0.25) is 0 Å². The molecule has 20 heavy (non-hydrogen) atoms. The van der Waals surface area contributed by atoms with Crippen LogP contribution in [0.5, 0.6) is 0 Å². The molecule has 0 amide bonds. The molecule has 102 valence electrons. The number of fused-ring (bicyclic) bond motifs is 1. The van der Waals surface area contributed by atoms with Gasteiger partial charge in [0.15, 0.2) is 17.5 Å². The fraction of sp³-hybridized carbons (Fsp3) is 0.0714. The predicted molar refractivity (Wildman–Crippen MR) is 65.2 cm³/mol. The number of aromatic amines is 1. The smallest absolute Gasteiger partial charge is 0.159 e. The maximum atomic E-state index is 13.5. The molecule has 0 atom stereocenters. The number of halogens is 4. The molecule has 2 nitrogen and oxygen atoms in total. The molecule has 0 saturated heterocycles. The Labute approximate surface area is 111 Å². The summed E-state index contributed by atoms with van der Waals surface area (Å²) in [6.07, 6.45) is 0.160. The van der Waals surface area contributed by atoms with Crippen LogP contribution < -0.4 is 0 Å². The van der Waals surface area contributed by atoms with E-state index in [0.29, 0.717) is 11.4 Å². The first kappa shape index (κ1) is 12.7. The van der Waals surface area contributed by atoms with Gasteiger partial charge in [0.2, 0.25) is 0 Å². The summed E-state index contributed by atoms with van der Waals surface area (Å²) in [5, 5.41) is 0. The van der Waals surface area contributed by atoms with Gasteiger partial charge in [-0.1, -0.05) is 6.07 Å². The van der Waals surface area contributed by atoms with Crippen LogP contribution in [0.3, 0.4) is 0 Å². The van der Waals surface area contributed by atoms with E-state index in [1.54, 1.807) is 0 Å². The monoisotopic (exact) mass is 280 g/mol. The van der Waals surface area contributed by atoms with Crippen molar-refractivity contribution in [2.24, 2.45) is 0 Å². The van der Waals surface area contributed by atoms with Gasteiger partial charge in [-0.15, -0.1) is 0 Å². The molecular formula is C14H8F4N2. The number of rotatable bonds is 2. The van der Waals surface area contributed by atoms with E-state index in [1.165, 1.54) is 6.07 Å². The second-order valence-electron chi connectivity index (χ2n) is 4.39. The molecule has 1 N–H and O–H groups in total. The summed E-state index contributed by atoms with van der Waals surface area (Å²) in [4.78, 5) is 6.74. The van der Waals surface area contributed by atoms with Gasteiger partial charge in [-0.2, -0.15) is 0 Å². The highest BCUT2D eigenvalue weighted by molar-refractivity contribution is 5.75. The lowest BCUT2D eigenvalue weighted by Gasteiger charge is -1.99. The summed E-state index contributed by atoms with van der Waals surface area (Å²) < 4.78 is 52.4. The minimum absolute atomic E-state index is 0.0176. The van der Waals surface area contributed by atoms with Crippen molar-refractivity contribution in [2.45, 2.75) is 6.42 Å². The zero-order valence-corrected chi connectivity index (χ0v) is 10.1. The van der Waals surface area contributed by atoms with Crippen molar-refractivity contribution in [2.75, 3.05) is 0 Å². The minimum Gasteiger partial charge on any atom is -0.342 e. The molecule has 0 bridgehead atoms. The minimum atomic E-state index is -0.962. The number of benzene rings is 2. The summed E-state index contributed by atoms with van der Waals surface area (Å²) in [7, 11) is 0. The van der Waals surface area contributed by atoms with Crippen LogP contribution in [0, 0.1) is 23.3 Å². The molecule has 0 unspecified atom stereocenters. The van der Waals surface area contributed by atoms with E-state index in [1.807, 2.05) is 0 Å². The maximum Gasteiger partial charge on any atom is 0.159 e. The molecule has 0 fully saturated rings. The first-order valence-corrected chi connectivity index (χ1v) is 5.80. The average Bonchev–Trinajstić information content (AvgIpc) is 2.76. The van der Waals surface area contributed by atoms with Crippen LogP contribution in [0.15, 0.2) is 30.3 Å². The van der Waals surface area contributed by atoms with Gasteiger partial charge < -0.3 is 4.98 Å². The van der Waals surface area contributed by atoms with E-state index in [4.69, 9.17) is 0 Å². The number of nitrogens with zero attached hydrogens (tertiary/aromatic N) is 1. The van der Waals surface area contributed by atoms with E-state index in [2.05, 4.69) is 9.97 Å². The highest BCUT2D eigenvalue weighted by Gasteiger charge is 2.11. The van der Waals surface area contributed by atoms with E-state index < -0.39 is 23.3 Å². The number of imidazole rings is 1. The zero-order valence-electron chi connectivity index (χ0n) is 10.1. The van der Waals surface area contributed by atoms with Gasteiger partial charge >= 0.3 is 0 Å². The summed E-state index contributed by atoms with van der Waals surface area (Å²) in [6, 6.07) is 5.32. The highest BCUT2D eigenvalue weighted by Crippen LogP contribution is 2.19. The van der Waals surface area contributed by atoms with Crippen LogP contribution in [0.1, 0.15) is 11.4 Å². The van der Waals surface area contributed by atoms with Crippen molar-refractivity contribution in [3.63, 3.8) is 0 Å². The van der Waals surface area contributed by atoms with E-state index in [9.17, 15) is 17.6 Å². The lowest BCUT2D eigenvalue weighted by atomic mass is 10.1. The van der Waals surface area contributed by atoms with Crippen LogP contribution in [-0.4, -0.2) is 9.97 Å². The van der Waals surface area contributed by atoms with Crippen molar-refractivity contribution in [1.29, 1.82) is 0 Å². The highest BCUT2D eigenvalue weighted by atomic mass is 19.2. The van der Waals surface area contributed by atoms with E-state index in [0.717, 1.165) is 24.3 Å². The molecule has 1 aromatic heterocycles. The number of hydrogen-bond donors (Lipinski definition) is 1. The molecular weight excluding hydrogens is 272 g/mol. The summed E-state index contributed by atoms with van der Waals surface area (Å²) in [5.74, 6) is -3.04. The Kier molecular flexibility index (Phi) is 2.93. The topological polar surface area (TPSA) is 28.7 Å². The molecule has 3 aromatic rings. The van der Waals surface area contributed by atoms with Crippen molar-refractivity contribution >= 4 is 11.0 Å². The lowest BCUT2D eigenvalue weighted by molar-refractivity contribution is 0.507. The number of nitrogens with one attached hydrogen (secondary N) is 1. The van der Waals surface area contributed by atoms with Crippen molar-refractivity contribution in [3.05, 3.63) is 65.0 Å². The van der Waals surface area contributed by atoms with Crippen LogP contribution in [0.2, 0.25) is 0 Å². The Morgan fingerprint density at radius 1 is 0.900 bits per heavy atom. The first-order valence-electron chi connectivity index (χ1n) is 5.80. The molecule has 0 aliphatic carbocycles. The summed E-state index contributed by atoms with van der Waals surface area (Å²) >= 11 is 0. The maximum absolute atomic E-state index is 13.5. The zero-order chi connectivity index (χ0) is 14.3. The number of hydrogen-bond acceptors (Lipinski definition) is 1. The first-order chi connectivity index (χ1) is 9.52. The second kappa shape index (κ2) is 4.63. The Morgan fingerprint density at radius 3 is 2.45 bits per heavy atom. The number of aromatic nitrogens is 2. The van der Waals surface area contributed by atoms with Crippen LogP contribution in [-0.2, 0) is 6.42 Å². The third kappa shape index (κ3) is 2.24. The second-order valence-corrected chi connectivity index (χ2v) is 4.39. The van der Waals surface area contributed by atoms with Gasteiger partial charge in [-0.05, 0) is 23.8 Å². The fourth-order valence-electron chi connectivity index (χ4n) is 2.02. The molecule has 6 heteroatoms. The van der Waals surface area contributed by atoms with Gasteiger partial charge in [0.1, 0.15) is 17.2 Å². The predicted octanol–water partition coefficient (Wildman–Crippen LogP) is 3.71. The van der Waals surface area contributed by atoms with Gasteiger partial charge in [0, 0.05) is 12.5 Å². The third-order valence-corrected chi connectivity index (χ3v) is 2.91. The Hall–Kier alpha value is -2.37. The van der Waals surface area contributed by atoms with Crippen LogP contribution >= 0.6 is 0 Å². The van der Waals surface area contributed by atoms with Crippen LogP contribution in [0.25, 0.3) is 11.0 Å². The largest absolute Gasteiger partial charge is 0.342 e. The molecule has 0 saturated carbocycles.